The smallest absolute Gasteiger partial charge is 0.246 e. The third kappa shape index (κ3) is 4.90. The number of hydrogen-bond acceptors (Lipinski definition) is 3. The summed E-state index contributed by atoms with van der Waals surface area (Å²) in [4.78, 5) is 1.66. The van der Waals surface area contributed by atoms with Gasteiger partial charge in [0.15, 0.2) is 6.67 Å². The number of aryl methyl sites for hydroxylation is 1. The van der Waals surface area contributed by atoms with Crippen molar-refractivity contribution >= 4 is 10.0 Å². The van der Waals surface area contributed by atoms with Crippen molar-refractivity contribution in [1.29, 1.82) is 0 Å². The SMILES string of the molecule is Cc1nn(C[NH+](C)Cc2ccc(C(C)C)cc2)c(C)c1S(=O)(=O)N1CCCCC1. The Hall–Kier alpha value is -1.70. The van der Waals surface area contributed by atoms with Crippen molar-refractivity contribution in [1.82, 2.24) is 14.1 Å². The van der Waals surface area contributed by atoms with E-state index in [9.17, 15) is 8.42 Å². The van der Waals surface area contributed by atoms with E-state index in [-0.39, 0.29) is 0 Å². The number of nitrogens with one attached hydrogen (secondary N) is 1. The molecule has 2 aromatic rings. The average molecular weight is 420 g/mol. The molecule has 1 unspecified atom stereocenters. The molecule has 0 aliphatic carbocycles. The number of piperidine rings is 1. The molecule has 29 heavy (non-hydrogen) atoms. The minimum Gasteiger partial charge on any atom is -0.315 e. The van der Waals surface area contributed by atoms with Gasteiger partial charge in [-0.05, 0) is 38.2 Å². The first-order chi connectivity index (χ1) is 13.7. The fourth-order valence-corrected chi connectivity index (χ4v) is 6.01. The van der Waals surface area contributed by atoms with Crippen LogP contribution in [-0.4, -0.2) is 42.6 Å². The first kappa shape index (κ1) is 22.0. The van der Waals surface area contributed by atoms with Crippen molar-refractivity contribution in [2.24, 2.45) is 0 Å². The first-order valence-corrected chi connectivity index (χ1v) is 12.1. The van der Waals surface area contributed by atoms with Crippen molar-refractivity contribution < 1.29 is 13.3 Å². The Morgan fingerprint density at radius 2 is 1.69 bits per heavy atom. The normalized spacial score (nSPS) is 17.0. The molecule has 160 valence electrons. The maximum absolute atomic E-state index is 13.2. The molecule has 3 rings (SSSR count). The molecule has 1 aromatic heterocycles. The lowest BCUT2D eigenvalue weighted by Crippen LogP contribution is -3.07. The lowest BCUT2D eigenvalue weighted by Gasteiger charge is -2.26. The summed E-state index contributed by atoms with van der Waals surface area (Å²) in [5.41, 5.74) is 3.96. The van der Waals surface area contributed by atoms with E-state index in [4.69, 9.17) is 0 Å². The molecule has 0 radical (unpaired) electrons. The highest BCUT2D eigenvalue weighted by atomic mass is 32.2. The second-order valence-corrected chi connectivity index (χ2v) is 10.5. The monoisotopic (exact) mass is 419 g/mol. The third-order valence-electron chi connectivity index (χ3n) is 5.80. The van der Waals surface area contributed by atoms with Gasteiger partial charge in [-0.1, -0.05) is 44.5 Å². The highest BCUT2D eigenvalue weighted by molar-refractivity contribution is 7.89. The Balaban J connectivity index is 1.74. The van der Waals surface area contributed by atoms with Crippen molar-refractivity contribution in [3.8, 4) is 0 Å². The molecule has 1 aliphatic rings. The van der Waals surface area contributed by atoms with Crippen molar-refractivity contribution in [3.05, 3.63) is 46.8 Å². The van der Waals surface area contributed by atoms with Gasteiger partial charge in [-0.3, -0.25) is 0 Å². The van der Waals surface area contributed by atoms with Crippen molar-refractivity contribution in [3.63, 3.8) is 0 Å². The van der Waals surface area contributed by atoms with Gasteiger partial charge in [0.05, 0.1) is 18.4 Å². The summed E-state index contributed by atoms with van der Waals surface area (Å²) >= 11 is 0. The zero-order valence-electron chi connectivity index (χ0n) is 18.4. The number of nitrogens with zero attached hydrogens (tertiary/aromatic N) is 3. The first-order valence-electron chi connectivity index (χ1n) is 10.6. The van der Waals surface area contributed by atoms with Crippen LogP contribution in [0.2, 0.25) is 0 Å². The lowest BCUT2D eigenvalue weighted by atomic mass is 10.0. The predicted molar refractivity (Wildman–Crippen MR) is 115 cm³/mol. The van der Waals surface area contributed by atoms with Gasteiger partial charge in [0.1, 0.15) is 11.4 Å². The number of hydrogen-bond donors (Lipinski definition) is 1. The van der Waals surface area contributed by atoms with E-state index in [1.165, 1.54) is 16.0 Å². The molecule has 0 bridgehead atoms. The molecule has 1 N–H and O–H groups in total. The topological polar surface area (TPSA) is 59.6 Å². The summed E-state index contributed by atoms with van der Waals surface area (Å²) in [7, 11) is -1.35. The zero-order valence-corrected chi connectivity index (χ0v) is 19.2. The highest BCUT2D eigenvalue weighted by Gasteiger charge is 2.32. The Morgan fingerprint density at radius 1 is 1.07 bits per heavy atom. The van der Waals surface area contributed by atoms with Gasteiger partial charge in [-0.15, -0.1) is 0 Å². The maximum Gasteiger partial charge on any atom is 0.246 e. The second kappa shape index (κ2) is 8.98. The van der Waals surface area contributed by atoms with Crippen LogP contribution in [0.1, 0.15) is 61.5 Å². The summed E-state index contributed by atoms with van der Waals surface area (Å²) < 4.78 is 29.8. The van der Waals surface area contributed by atoms with Crippen LogP contribution in [-0.2, 0) is 23.2 Å². The van der Waals surface area contributed by atoms with Gasteiger partial charge < -0.3 is 4.90 Å². The standard InChI is InChI=1S/C22H34N4O2S/c1-17(2)21-11-9-20(10-12-21)15-24(5)16-26-19(4)22(18(3)23-26)29(27,28)25-13-7-6-8-14-25/h9-12,17H,6-8,13-16H2,1-5H3/p+1. The van der Waals surface area contributed by atoms with Crippen LogP contribution < -0.4 is 4.90 Å². The summed E-state index contributed by atoms with van der Waals surface area (Å²) in [6.45, 7) is 10.8. The Kier molecular flexibility index (Phi) is 6.81. The number of sulfonamides is 1. The quantitative estimate of drug-likeness (QED) is 0.750. The molecule has 6 nitrogen and oxygen atoms in total. The molecule has 1 aliphatic heterocycles. The molecular weight excluding hydrogens is 384 g/mol. The third-order valence-corrected chi connectivity index (χ3v) is 7.95. The number of rotatable bonds is 7. The summed E-state index contributed by atoms with van der Waals surface area (Å²) in [6, 6.07) is 8.76. The maximum atomic E-state index is 13.2. The van der Waals surface area contributed by atoms with E-state index in [1.807, 2.05) is 11.6 Å². The van der Waals surface area contributed by atoms with E-state index in [1.54, 1.807) is 11.2 Å². The van der Waals surface area contributed by atoms with Gasteiger partial charge in [-0.2, -0.15) is 9.40 Å². The summed E-state index contributed by atoms with van der Waals surface area (Å²) in [6.07, 6.45) is 2.98. The molecule has 7 heteroatoms. The van der Waals surface area contributed by atoms with Crippen LogP contribution in [0.4, 0.5) is 0 Å². The van der Waals surface area contributed by atoms with Gasteiger partial charge in [0.25, 0.3) is 0 Å². The summed E-state index contributed by atoms with van der Waals surface area (Å²) in [5.74, 6) is 0.532. The van der Waals surface area contributed by atoms with E-state index >= 15 is 0 Å². The number of benzene rings is 1. The Labute approximate surface area is 175 Å². The molecule has 0 spiro atoms. The minimum atomic E-state index is -3.47. The van der Waals surface area contributed by atoms with Crippen molar-refractivity contribution in [2.45, 2.75) is 71.0 Å². The van der Waals surface area contributed by atoms with Gasteiger partial charge >= 0.3 is 0 Å². The second-order valence-electron chi connectivity index (χ2n) is 8.65. The molecule has 1 aromatic carbocycles. The fourth-order valence-electron chi connectivity index (χ4n) is 4.12. The van der Waals surface area contributed by atoms with Crippen LogP contribution in [0, 0.1) is 13.8 Å². The number of aromatic nitrogens is 2. The van der Waals surface area contributed by atoms with Crippen LogP contribution in [0.5, 0.6) is 0 Å². The largest absolute Gasteiger partial charge is 0.315 e. The molecule has 0 amide bonds. The van der Waals surface area contributed by atoms with E-state index < -0.39 is 10.0 Å². The number of quaternary nitrogens is 1. The van der Waals surface area contributed by atoms with Crippen LogP contribution in [0.25, 0.3) is 0 Å². The minimum absolute atomic E-state index is 0.397. The fraction of sp³-hybridized carbons (Fsp3) is 0.591. The molecule has 0 saturated carbocycles. The van der Waals surface area contributed by atoms with Crippen molar-refractivity contribution in [2.75, 3.05) is 20.1 Å². The summed E-state index contributed by atoms with van der Waals surface area (Å²) in [5, 5.41) is 4.58. The molecule has 1 saturated heterocycles. The van der Waals surface area contributed by atoms with E-state index in [0.717, 1.165) is 31.5 Å². The molecule has 2 heterocycles. The van der Waals surface area contributed by atoms with Gasteiger partial charge in [0, 0.05) is 18.7 Å². The zero-order chi connectivity index (χ0) is 21.2. The predicted octanol–water partition coefficient (Wildman–Crippen LogP) is 2.47. The lowest BCUT2D eigenvalue weighted by molar-refractivity contribution is -0.917. The van der Waals surface area contributed by atoms with E-state index in [0.29, 0.717) is 36.3 Å². The van der Waals surface area contributed by atoms with Crippen LogP contribution in [0.15, 0.2) is 29.2 Å². The molecule has 1 atom stereocenters. The average Bonchev–Trinajstić information content (AvgIpc) is 2.96. The Morgan fingerprint density at radius 3 is 2.28 bits per heavy atom. The Bertz CT molecular complexity index is 926. The van der Waals surface area contributed by atoms with Crippen LogP contribution >= 0.6 is 0 Å². The molecular formula is C22H35N4O2S+. The highest BCUT2D eigenvalue weighted by Crippen LogP contribution is 2.25. The van der Waals surface area contributed by atoms with E-state index in [2.05, 4.69) is 50.3 Å². The molecule has 1 fully saturated rings. The van der Waals surface area contributed by atoms with Crippen LogP contribution in [0.3, 0.4) is 0 Å². The van der Waals surface area contributed by atoms with Gasteiger partial charge in [0.2, 0.25) is 10.0 Å². The van der Waals surface area contributed by atoms with Gasteiger partial charge in [-0.25, -0.2) is 13.1 Å².